The molecule has 2 aromatic carbocycles. The summed E-state index contributed by atoms with van der Waals surface area (Å²) in [5.74, 6) is 0. The Labute approximate surface area is 158 Å². The molecular formula is C22H36Si3. The van der Waals surface area contributed by atoms with Gasteiger partial charge >= 0.3 is 0 Å². The molecule has 2 aromatic rings. The Morgan fingerprint density at radius 1 is 0.640 bits per heavy atom. The van der Waals surface area contributed by atoms with E-state index < -0.39 is 23.3 Å². The van der Waals surface area contributed by atoms with E-state index in [-0.39, 0.29) is 0 Å². The molecule has 0 atom stereocenters. The molecule has 0 aliphatic heterocycles. The quantitative estimate of drug-likeness (QED) is 0.461. The largest absolute Gasteiger partial charge is 0.0738 e. The molecule has 0 saturated heterocycles. The van der Waals surface area contributed by atoms with Crippen molar-refractivity contribution in [3.63, 3.8) is 0 Å². The summed E-state index contributed by atoms with van der Waals surface area (Å²) in [5, 5.41) is 1.65. The van der Waals surface area contributed by atoms with E-state index in [1.54, 1.807) is 5.19 Å². The molecule has 0 saturated carbocycles. The molecule has 2 rings (SSSR count). The van der Waals surface area contributed by atoms with Gasteiger partial charge in [0.2, 0.25) is 0 Å². The lowest BCUT2D eigenvalue weighted by atomic mass is 10.1. The molecule has 0 spiro atoms. The predicted molar refractivity (Wildman–Crippen MR) is 124 cm³/mol. The summed E-state index contributed by atoms with van der Waals surface area (Å²) >= 11 is 0. The maximum atomic E-state index is 2.66. The van der Waals surface area contributed by atoms with Gasteiger partial charge < -0.3 is 0 Å². The van der Waals surface area contributed by atoms with Crippen LogP contribution in [0.4, 0.5) is 0 Å². The molecule has 136 valence electrons. The molecule has 0 aliphatic rings. The molecule has 0 amide bonds. The molecule has 0 aromatic heterocycles. The Morgan fingerprint density at radius 3 is 1.68 bits per heavy atom. The van der Waals surface area contributed by atoms with Crippen LogP contribution in [0.3, 0.4) is 0 Å². The third-order valence-corrected chi connectivity index (χ3v) is 29.2. The van der Waals surface area contributed by atoms with Crippen molar-refractivity contribution in [2.45, 2.75) is 64.3 Å². The van der Waals surface area contributed by atoms with E-state index in [0.717, 1.165) is 0 Å². The lowest BCUT2D eigenvalue weighted by molar-refractivity contribution is 1.22. The van der Waals surface area contributed by atoms with E-state index in [2.05, 4.69) is 101 Å². The predicted octanol–water partition coefficient (Wildman–Crippen LogP) is 6.78. The monoisotopic (exact) mass is 384 g/mol. The van der Waals surface area contributed by atoms with Crippen LogP contribution in [-0.2, 0) is 0 Å². The van der Waals surface area contributed by atoms with Crippen molar-refractivity contribution in [2.24, 2.45) is 0 Å². The fraction of sp³-hybridized carbons (Fsp3) is 0.455. The highest BCUT2D eigenvalue weighted by Crippen LogP contribution is 2.30. The van der Waals surface area contributed by atoms with Crippen molar-refractivity contribution in [1.29, 1.82) is 0 Å². The molecule has 0 N–H and O–H groups in total. The molecule has 0 aliphatic carbocycles. The summed E-state index contributed by atoms with van der Waals surface area (Å²) in [6, 6.07) is 24.7. The molecule has 0 nitrogen and oxygen atoms in total. The summed E-state index contributed by atoms with van der Waals surface area (Å²) in [4.78, 5) is 0. The van der Waals surface area contributed by atoms with Gasteiger partial charge in [0.25, 0.3) is 0 Å². The second kappa shape index (κ2) is 7.77. The third-order valence-electron chi connectivity index (χ3n) is 6.79. The second-order valence-corrected chi connectivity index (χ2v) is 30.9. The van der Waals surface area contributed by atoms with Gasteiger partial charge in [-0.2, -0.15) is 0 Å². The van der Waals surface area contributed by atoms with Crippen molar-refractivity contribution in [2.75, 3.05) is 0 Å². The Morgan fingerprint density at radius 2 is 1.16 bits per heavy atom. The smallest absolute Gasteiger partial charge is 0.0710 e. The molecule has 0 unspecified atom stereocenters. The maximum Gasteiger partial charge on any atom is 0.0738 e. The fourth-order valence-corrected chi connectivity index (χ4v) is 17.1. The van der Waals surface area contributed by atoms with Crippen LogP contribution in [0.15, 0.2) is 54.6 Å². The normalized spacial score (nSPS) is 13.1. The van der Waals surface area contributed by atoms with E-state index in [9.17, 15) is 0 Å². The van der Waals surface area contributed by atoms with Gasteiger partial charge in [0.15, 0.2) is 0 Å². The maximum absolute atomic E-state index is 2.66. The highest BCUT2D eigenvalue weighted by molar-refractivity contribution is 7.45. The van der Waals surface area contributed by atoms with E-state index in [1.165, 1.54) is 29.3 Å². The van der Waals surface area contributed by atoms with Crippen molar-refractivity contribution >= 4 is 28.4 Å². The Bertz CT molecular complexity index is 670. The molecule has 0 fully saturated rings. The first-order chi connectivity index (χ1) is 11.6. The zero-order valence-corrected chi connectivity index (χ0v) is 20.3. The van der Waals surface area contributed by atoms with Crippen LogP contribution in [0.25, 0.3) is 11.1 Å². The highest BCUT2D eigenvalue weighted by atomic mass is 29.3. The Balaban J connectivity index is 2.20. The average Bonchev–Trinajstić information content (AvgIpc) is 2.61. The van der Waals surface area contributed by atoms with Crippen LogP contribution >= 0.6 is 0 Å². The van der Waals surface area contributed by atoms with E-state index in [1.807, 2.05) is 0 Å². The number of rotatable bonds is 7. The molecule has 25 heavy (non-hydrogen) atoms. The lowest BCUT2D eigenvalue weighted by Gasteiger charge is -2.40. The summed E-state index contributed by atoms with van der Waals surface area (Å²) in [7, 11) is -3.57. The third kappa shape index (κ3) is 4.83. The molecule has 3 heteroatoms. The SMILES string of the molecule is CC[Si](C)(C)CC[Si](C)(C)[Si](C)(C)c1ccc(-c2ccccc2)cc1. The van der Waals surface area contributed by atoms with Crippen LogP contribution in [0, 0.1) is 0 Å². The minimum atomic E-state index is -1.38. The van der Waals surface area contributed by atoms with Crippen LogP contribution in [0.2, 0.25) is 57.4 Å². The first kappa shape index (κ1) is 20.4. The first-order valence-corrected chi connectivity index (χ1v) is 20.4. The minimum absolute atomic E-state index is 0.963. The van der Waals surface area contributed by atoms with Crippen molar-refractivity contribution in [1.82, 2.24) is 0 Å². The Hall–Kier alpha value is -0.909. The fourth-order valence-electron chi connectivity index (χ4n) is 3.24. The number of hydrogen-bond donors (Lipinski definition) is 0. The standard InChI is InChI=1S/C22H36Si3/c1-8-23(2,3)18-19-24(4,5)25(6,7)22-16-14-21(15-17-22)20-12-10-9-11-13-20/h9-17H,8,18-19H2,1-7H3. The molecule has 0 bridgehead atoms. The van der Waals surface area contributed by atoms with Crippen molar-refractivity contribution in [3.8, 4) is 11.1 Å². The molecular weight excluding hydrogens is 349 g/mol. The lowest BCUT2D eigenvalue weighted by Crippen LogP contribution is -2.63. The molecule has 0 radical (unpaired) electrons. The topological polar surface area (TPSA) is 0 Å². The zero-order chi connectivity index (χ0) is 18.7. The van der Waals surface area contributed by atoms with Gasteiger partial charge in [-0.25, -0.2) is 0 Å². The van der Waals surface area contributed by atoms with E-state index in [0.29, 0.717) is 0 Å². The van der Waals surface area contributed by atoms with Gasteiger partial charge in [0, 0.05) is 15.7 Å². The summed E-state index contributed by atoms with van der Waals surface area (Å²) in [5.41, 5.74) is 2.66. The number of benzene rings is 2. The van der Waals surface area contributed by atoms with Crippen LogP contribution in [0.5, 0.6) is 0 Å². The minimum Gasteiger partial charge on any atom is -0.0710 e. The highest BCUT2D eigenvalue weighted by Gasteiger charge is 2.42. The van der Waals surface area contributed by atoms with Gasteiger partial charge in [-0.1, -0.05) is 124 Å². The van der Waals surface area contributed by atoms with Gasteiger partial charge in [-0.3, -0.25) is 0 Å². The second-order valence-electron chi connectivity index (χ2n) is 9.47. The van der Waals surface area contributed by atoms with Gasteiger partial charge in [0.1, 0.15) is 0 Å². The first-order valence-electron chi connectivity index (χ1n) is 9.75. The van der Waals surface area contributed by atoms with Gasteiger partial charge in [-0.05, 0) is 11.1 Å². The van der Waals surface area contributed by atoms with Crippen molar-refractivity contribution in [3.05, 3.63) is 54.6 Å². The average molecular weight is 385 g/mol. The van der Waals surface area contributed by atoms with Gasteiger partial charge in [0.05, 0.1) is 7.59 Å². The number of hydrogen-bond acceptors (Lipinski definition) is 0. The van der Waals surface area contributed by atoms with Crippen molar-refractivity contribution < 1.29 is 0 Å². The van der Waals surface area contributed by atoms with Crippen LogP contribution < -0.4 is 5.19 Å². The van der Waals surface area contributed by atoms with E-state index in [4.69, 9.17) is 0 Å². The van der Waals surface area contributed by atoms with Crippen LogP contribution in [-0.4, -0.2) is 23.3 Å². The summed E-state index contributed by atoms with van der Waals surface area (Å²) < 4.78 is 0. The van der Waals surface area contributed by atoms with E-state index >= 15 is 0 Å². The molecule has 0 heterocycles. The van der Waals surface area contributed by atoms with Gasteiger partial charge in [-0.15, -0.1) is 0 Å². The zero-order valence-electron chi connectivity index (χ0n) is 17.3. The Kier molecular flexibility index (Phi) is 6.34. The summed E-state index contributed by atoms with van der Waals surface area (Å²) in [6.07, 6.45) is 0. The van der Waals surface area contributed by atoms with Crippen LogP contribution in [0.1, 0.15) is 6.92 Å². The summed E-state index contributed by atoms with van der Waals surface area (Å²) in [6.45, 7) is 18.1.